The van der Waals surface area contributed by atoms with Gasteiger partial charge in [0.2, 0.25) is 0 Å². The molecule has 4 aromatic carbocycles. The number of H-pyrrole nitrogens is 2. The van der Waals surface area contributed by atoms with Crippen molar-refractivity contribution in [2.45, 2.75) is 56.5 Å². The number of likely N-dealkylation sites (tertiary alicyclic amines) is 1. The van der Waals surface area contributed by atoms with Crippen LogP contribution in [0.4, 0.5) is 4.79 Å². The van der Waals surface area contributed by atoms with E-state index in [2.05, 4.69) is 75.9 Å². The fourth-order valence-corrected chi connectivity index (χ4v) is 8.04. The van der Waals surface area contributed by atoms with Crippen LogP contribution in [0.1, 0.15) is 55.0 Å². The van der Waals surface area contributed by atoms with Crippen molar-refractivity contribution in [2.24, 2.45) is 11.8 Å². The van der Waals surface area contributed by atoms with Crippen molar-refractivity contribution in [1.29, 1.82) is 0 Å². The summed E-state index contributed by atoms with van der Waals surface area (Å²) in [5.74, 6) is 3.25. The predicted molar refractivity (Wildman–Crippen MR) is 185 cm³/mol. The molecular formula is C40H36N6O2. The van der Waals surface area contributed by atoms with Crippen molar-refractivity contribution >= 4 is 16.9 Å². The number of fused-ring (bicyclic) bond motifs is 3. The molecule has 6 aromatic rings. The summed E-state index contributed by atoms with van der Waals surface area (Å²) >= 11 is 0. The lowest BCUT2D eigenvalue weighted by Gasteiger charge is -2.25. The average molecular weight is 633 g/mol. The minimum atomic E-state index is -0.258. The number of hydrogen-bond acceptors (Lipinski definition) is 5. The number of rotatable bonds is 7. The highest BCUT2D eigenvalue weighted by Gasteiger charge is 2.56. The van der Waals surface area contributed by atoms with E-state index >= 15 is 0 Å². The number of ether oxygens (including phenoxy) is 1. The van der Waals surface area contributed by atoms with Crippen molar-refractivity contribution in [3.63, 3.8) is 0 Å². The Kier molecular flexibility index (Phi) is 6.34. The van der Waals surface area contributed by atoms with Gasteiger partial charge in [-0.15, -0.1) is 0 Å². The molecule has 4 aliphatic rings. The molecule has 2 saturated carbocycles. The van der Waals surface area contributed by atoms with Gasteiger partial charge in [-0.3, -0.25) is 4.90 Å². The van der Waals surface area contributed by atoms with Crippen LogP contribution >= 0.6 is 0 Å². The zero-order valence-electron chi connectivity index (χ0n) is 26.5. The number of nitrogens with one attached hydrogen (secondary N) is 3. The third-order valence-electron chi connectivity index (χ3n) is 10.9. The van der Waals surface area contributed by atoms with Crippen molar-refractivity contribution in [1.82, 2.24) is 30.2 Å². The maximum absolute atomic E-state index is 13.2. The van der Waals surface area contributed by atoms with Gasteiger partial charge in [-0.05, 0) is 82.7 Å². The van der Waals surface area contributed by atoms with Gasteiger partial charge in [0.25, 0.3) is 0 Å². The first kappa shape index (κ1) is 27.9. The molecule has 4 heterocycles. The molecule has 48 heavy (non-hydrogen) atoms. The maximum Gasteiger partial charge on any atom is 0.410 e. The first-order valence-corrected chi connectivity index (χ1v) is 17.1. The first-order valence-electron chi connectivity index (χ1n) is 17.1. The molecule has 2 unspecified atom stereocenters. The summed E-state index contributed by atoms with van der Waals surface area (Å²) in [6.07, 6.45) is 8.07. The molecular weight excluding hydrogens is 596 g/mol. The third kappa shape index (κ3) is 4.99. The minimum Gasteiger partial charge on any atom is -0.445 e. The van der Waals surface area contributed by atoms with Gasteiger partial charge in [0.1, 0.15) is 18.3 Å². The summed E-state index contributed by atoms with van der Waals surface area (Å²) in [5, 5.41) is 6.10. The van der Waals surface area contributed by atoms with Crippen molar-refractivity contribution in [2.75, 3.05) is 0 Å². The van der Waals surface area contributed by atoms with E-state index in [9.17, 15) is 4.79 Å². The lowest BCUT2D eigenvalue weighted by molar-refractivity contribution is 0.0833. The maximum atomic E-state index is 13.2. The van der Waals surface area contributed by atoms with Gasteiger partial charge in [0, 0.05) is 17.6 Å². The predicted octanol–water partition coefficient (Wildman–Crippen LogP) is 8.18. The van der Waals surface area contributed by atoms with Crippen LogP contribution in [0.2, 0.25) is 0 Å². The van der Waals surface area contributed by atoms with E-state index < -0.39 is 0 Å². The van der Waals surface area contributed by atoms with Gasteiger partial charge < -0.3 is 20.0 Å². The van der Waals surface area contributed by atoms with Crippen LogP contribution in [0.25, 0.3) is 44.4 Å². The lowest BCUT2D eigenvalue weighted by atomic mass is 9.98. The zero-order valence-corrected chi connectivity index (χ0v) is 26.5. The van der Waals surface area contributed by atoms with Crippen LogP contribution in [-0.4, -0.2) is 43.0 Å². The molecule has 8 nitrogen and oxygen atoms in total. The van der Waals surface area contributed by atoms with Crippen LogP contribution in [0.15, 0.2) is 103 Å². The molecule has 0 bridgehead atoms. The Morgan fingerprint density at radius 1 is 0.708 bits per heavy atom. The van der Waals surface area contributed by atoms with Gasteiger partial charge >= 0.3 is 6.09 Å². The van der Waals surface area contributed by atoms with Gasteiger partial charge in [-0.2, -0.15) is 0 Å². The zero-order chi connectivity index (χ0) is 31.8. The second-order valence-corrected chi connectivity index (χ2v) is 14.0. The number of imidazole rings is 2. The Morgan fingerprint density at radius 2 is 1.40 bits per heavy atom. The Labute approximate surface area is 278 Å². The lowest BCUT2D eigenvalue weighted by Crippen LogP contribution is -2.34. The number of carbonyl (C=O) groups excluding carboxylic acids is 1. The summed E-state index contributed by atoms with van der Waals surface area (Å²) in [4.78, 5) is 31.6. The Bertz CT molecular complexity index is 2140. The molecule has 2 aromatic heterocycles. The standard InChI is InChI=1S/C40H36N6O2/c47-40(48-22-23-4-2-1-3-5-23)46-36-18-31(36)19-37(46)39-42-20-34(45-39)25-8-6-24(7-9-25)26-10-11-28-15-29(13-12-27(28)14-26)35-21-41-38(44-35)33-17-30-16-32(30)43-33/h1-15,20-21,30-33,36-37,43H,16-19,22H2,(H,41,44)(H,42,45)/t30?,31?,32-,33+,36-,37+/m1/s1. The highest BCUT2D eigenvalue weighted by molar-refractivity contribution is 5.90. The van der Waals surface area contributed by atoms with Gasteiger partial charge in [-0.1, -0.05) is 78.9 Å². The van der Waals surface area contributed by atoms with Crippen molar-refractivity contribution in [3.05, 3.63) is 121 Å². The van der Waals surface area contributed by atoms with Crippen LogP contribution in [-0.2, 0) is 11.3 Å². The molecule has 2 saturated heterocycles. The average Bonchev–Trinajstić information content (AvgIpc) is 3.69. The fourth-order valence-electron chi connectivity index (χ4n) is 8.04. The number of benzene rings is 4. The second kappa shape index (κ2) is 10.9. The van der Waals surface area contributed by atoms with Gasteiger partial charge in [0.05, 0.1) is 35.9 Å². The van der Waals surface area contributed by atoms with E-state index in [1.807, 2.05) is 47.6 Å². The number of carbonyl (C=O) groups is 1. The number of nitrogens with zero attached hydrogens (tertiary/aromatic N) is 3. The minimum absolute atomic E-state index is 0.0896. The molecule has 2 aliphatic carbocycles. The van der Waals surface area contributed by atoms with Crippen LogP contribution < -0.4 is 5.32 Å². The number of aromatic nitrogens is 4. The summed E-state index contributed by atoms with van der Waals surface area (Å²) in [6.45, 7) is 0.277. The van der Waals surface area contributed by atoms with E-state index in [-0.39, 0.29) is 24.8 Å². The van der Waals surface area contributed by atoms with E-state index in [0.717, 1.165) is 64.1 Å². The topological polar surface area (TPSA) is 98.9 Å². The van der Waals surface area contributed by atoms with E-state index in [1.165, 1.54) is 29.2 Å². The second-order valence-electron chi connectivity index (χ2n) is 14.0. The Morgan fingerprint density at radius 3 is 2.19 bits per heavy atom. The van der Waals surface area contributed by atoms with Crippen LogP contribution in [0.3, 0.4) is 0 Å². The van der Waals surface area contributed by atoms with Gasteiger partial charge in [0.15, 0.2) is 0 Å². The third-order valence-corrected chi connectivity index (χ3v) is 10.9. The van der Waals surface area contributed by atoms with Crippen LogP contribution in [0, 0.1) is 11.8 Å². The summed E-state index contributed by atoms with van der Waals surface area (Å²) in [7, 11) is 0. The van der Waals surface area contributed by atoms with Crippen LogP contribution in [0.5, 0.6) is 0 Å². The molecule has 238 valence electrons. The molecule has 0 radical (unpaired) electrons. The quantitative estimate of drug-likeness (QED) is 0.165. The molecule has 10 rings (SSSR count). The van der Waals surface area contributed by atoms with E-state index in [4.69, 9.17) is 14.7 Å². The SMILES string of the molecule is O=C(OCc1ccccc1)N1[C@@H]2CC2C[C@H]1c1ncc(-c2ccc(-c3ccc4cc(-c5cnc([C@@H]6CC7C[C@H]7N6)[nH]5)ccc4c3)cc2)[nH]1. The highest BCUT2D eigenvalue weighted by Crippen LogP contribution is 2.53. The molecule has 2 aliphatic heterocycles. The summed E-state index contributed by atoms with van der Waals surface area (Å²) < 4.78 is 5.72. The smallest absolute Gasteiger partial charge is 0.410 e. The fraction of sp³-hybridized carbons (Fsp3) is 0.275. The summed E-state index contributed by atoms with van der Waals surface area (Å²) in [6, 6.07) is 32.9. The highest BCUT2D eigenvalue weighted by atomic mass is 16.6. The van der Waals surface area contributed by atoms with Gasteiger partial charge in [-0.25, -0.2) is 14.8 Å². The number of hydrogen-bond donors (Lipinski definition) is 3. The molecule has 6 atom stereocenters. The molecule has 4 fully saturated rings. The Balaban J connectivity index is 0.828. The molecule has 1 amide bonds. The number of piperidine rings is 2. The normalized spacial score (nSPS) is 25.2. The molecule has 0 spiro atoms. The van der Waals surface area contributed by atoms with Crippen molar-refractivity contribution in [3.8, 4) is 33.6 Å². The number of aromatic amines is 2. The molecule has 3 N–H and O–H groups in total. The monoisotopic (exact) mass is 632 g/mol. The largest absolute Gasteiger partial charge is 0.445 e. The Hall–Kier alpha value is -5.21. The molecule has 8 heteroatoms. The van der Waals surface area contributed by atoms with E-state index in [0.29, 0.717) is 18.0 Å². The summed E-state index contributed by atoms with van der Waals surface area (Å²) in [5.41, 5.74) is 7.56. The number of amides is 1. The first-order chi connectivity index (χ1) is 23.6. The van der Waals surface area contributed by atoms with E-state index in [1.54, 1.807) is 0 Å². The van der Waals surface area contributed by atoms with Crippen molar-refractivity contribution < 1.29 is 9.53 Å².